The van der Waals surface area contributed by atoms with Crippen molar-refractivity contribution in [1.29, 1.82) is 0 Å². The number of aliphatic imine (C=N–C) groups is 1. The van der Waals surface area contributed by atoms with Gasteiger partial charge in [0.05, 0.1) is 17.7 Å². The second-order valence-corrected chi connectivity index (χ2v) is 9.21. The maximum Gasteiger partial charge on any atom is 0.416 e. The van der Waals surface area contributed by atoms with Crippen molar-refractivity contribution in [2.75, 3.05) is 36.4 Å². The maximum atomic E-state index is 13.3. The fourth-order valence-electron chi connectivity index (χ4n) is 4.82. The highest BCUT2D eigenvalue weighted by atomic mass is 19.4. The minimum atomic E-state index is -4.41. The standard InChI is InChI=1S/C26H27F3N6O/c1-15(19-5-4-6-20(13-19)26(27,28)29)31-23-22-14-21(18-7-10-34(11-8-18)17(3)36)24-30-9-12-35(24)25(22)33-16(2)32-23/h4-7,13-15H,8-12H2,1-3H3,(H,31,32,33)/t15-/m1/s1. The van der Waals surface area contributed by atoms with Crippen LogP contribution >= 0.6 is 0 Å². The maximum absolute atomic E-state index is 13.3. The number of aryl methyl sites for hydroxylation is 1. The largest absolute Gasteiger partial charge is 0.416 e. The van der Waals surface area contributed by atoms with Crippen molar-refractivity contribution in [3.8, 4) is 0 Å². The lowest BCUT2D eigenvalue weighted by molar-refractivity contribution is -0.137. The first-order valence-corrected chi connectivity index (χ1v) is 11.9. The molecule has 2 aromatic rings. The Labute approximate surface area is 207 Å². The van der Waals surface area contributed by atoms with Gasteiger partial charge in [-0.2, -0.15) is 13.2 Å². The number of hydrogen-bond acceptors (Lipinski definition) is 6. The van der Waals surface area contributed by atoms with E-state index < -0.39 is 17.8 Å². The molecule has 36 heavy (non-hydrogen) atoms. The van der Waals surface area contributed by atoms with E-state index in [-0.39, 0.29) is 5.91 Å². The van der Waals surface area contributed by atoms with E-state index >= 15 is 0 Å². The highest BCUT2D eigenvalue weighted by Gasteiger charge is 2.34. The van der Waals surface area contributed by atoms with Gasteiger partial charge in [0, 0.05) is 38.2 Å². The predicted molar refractivity (Wildman–Crippen MR) is 133 cm³/mol. The summed E-state index contributed by atoms with van der Waals surface area (Å²) in [7, 11) is 0. The van der Waals surface area contributed by atoms with Crippen LogP contribution in [0.2, 0.25) is 0 Å². The molecular weight excluding hydrogens is 469 g/mol. The van der Waals surface area contributed by atoms with E-state index in [1.807, 2.05) is 13.0 Å². The topological polar surface area (TPSA) is 73.7 Å². The second kappa shape index (κ2) is 9.07. The summed E-state index contributed by atoms with van der Waals surface area (Å²) < 4.78 is 39.8. The van der Waals surface area contributed by atoms with E-state index in [4.69, 9.17) is 4.99 Å². The Bertz CT molecular complexity index is 1310. The molecule has 0 spiro atoms. The van der Waals surface area contributed by atoms with Crippen molar-refractivity contribution in [1.82, 2.24) is 14.9 Å². The number of rotatable bonds is 4. The van der Waals surface area contributed by atoms with Crippen LogP contribution in [0.15, 0.2) is 46.5 Å². The zero-order valence-electron chi connectivity index (χ0n) is 20.4. The Balaban J connectivity index is 1.52. The van der Waals surface area contributed by atoms with Crippen molar-refractivity contribution < 1.29 is 18.0 Å². The average molecular weight is 497 g/mol. The third-order valence-electron chi connectivity index (χ3n) is 6.73. The van der Waals surface area contributed by atoms with Gasteiger partial charge in [-0.15, -0.1) is 0 Å². The monoisotopic (exact) mass is 496 g/mol. The van der Waals surface area contributed by atoms with Crippen LogP contribution in [0.5, 0.6) is 0 Å². The lowest BCUT2D eigenvalue weighted by Gasteiger charge is -2.32. The molecule has 188 valence electrons. The summed E-state index contributed by atoms with van der Waals surface area (Å²) in [5.41, 5.74) is 2.70. The summed E-state index contributed by atoms with van der Waals surface area (Å²) in [5.74, 6) is 2.77. The molecule has 10 heteroatoms. The van der Waals surface area contributed by atoms with E-state index in [0.717, 1.165) is 40.5 Å². The average Bonchev–Trinajstić information content (AvgIpc) is 3.34. The Morgan fingerprint density at radius 3 is 2.69 bits per heavy atom. The van der Waals surface area contributed by atoms with Crippen molar-refractivity contribution in [2.45, 2.75) is 39.4 Å². The second-order valence-electron chi connectivity index (χ2n) is 9.21. The molecule has 1 aromatic carbocycles. The number of hydrogen-bond donors (Lipinski definition) is 1. The number of aromatic nitrogens is 2. The lowest BCUT2D eigenvalue weighted by Crippen LogP contribution is -2.37. The van der Waals surface area contributed by atoms with Gasteiger partial charge >= 0.3 is 6.18 Å². The number of carbonyl (C=O) groups is 1. The minimum Gasteiger partial charge on any atom is -0.363 e. The molecule has 4 heterocycles. The number of nitrogens with one attached hydrogen (secondary N) is 1. The Morgan fingerprint density at radius 2 is 2.00 bits per heavy atom. The van der Waals surface area contributed by atoms with Gasteiger partial charge < -0.3 is 15.1 Å². The molecule has 1 amide bonds. The minimum absolute atomic E-state index is 0.0482. The third kappa shape index (κ3) is 4.47. The number of amidine groups is 1. The molecule has 1 atom stereocenters. The van der Waals surface area contributed by atoms with Crippen LogP contribution in [0.4, 0.5) is 24.8 Å². The molecule has 5 rings (SSSR count). The Morgan fingerprint density at radius 1 is 1.19 bits per heavy atom. The molecule has 1 N–H and O–H groups in total. The molecule has 0 saturated carbocycles. The van der Waals surface area contributed by atoms with Gasteiger partial charge in [0.25, 0.3) is 0 Å². The lowest BCUT2D eigenvalue weighted by atomic mass is 9.93. The fourth-order valence-corrected chi connectivity index (χ4v) is 4.82. The van der Waals surface area contributed by atoms with Gasteiger partial charge in [0.15, 0.2) is 0 Å². The number of amides is 1. The summed E-state index contributed by atoms with van der Waals surface area (Å²) >= 11 is 0. The van der Waals surface area contributed by atoms with Crippen LogP contribution in [-0.4, -0.2) is 52.8 Å². The van der Waals surface area contributed by atoms with Crippen LogP contribution in [0, 0.1) is 6.92 Å². The molecular formula is C26H27F3N6O. The first-order valence-electron chi connectivity index (χ1n) is 11.9. The van der Waals surface area contributed by atoms with Crippen LogP contribution in [-0.2, 0) is 11.0 Å². The van der Waals surface area contributed by atoms with Gasteiger partial charge in [-0.05, 0) is 49.6 Å². The molecule has 0 saturated heterocycles. The molecule has 1 aromatic heterocycles. The molecule has 0 fully saturated rings. The Kier molecular flexibility index (Phi) is 6.05. The van der Waals surface area contributed by atoms with Crippen molar-refractivity contribution in [3.05, 3.63) is 64.0 Å². The summed E-state index contributed by atoms with van der Waals surface area (Å²) in [4.78, 5) is 29.7. The number of alkyl halides is 3. The van der Waals surface area contributed by atoms with Crippen molar-refractivity contribution in [3.63, 3.8) is 0 Å². The number of anilines is 2. The van der Waals surface area contributed by atoms with E-state index in [0.29, 0.717) is 49.8 Å². The fraction of sp³-hybridized carbons (Fsp3) is 0.385. The van der Waals surface area contributed by atoms with Crippen LogP contribution < -0.4 is 10.2 Å². The predicted octanol–water partition coefficient (Wildman–Crippen LogP) is 4.77. The van der Waals surface area contributed by atoms with Crippen LogP contribution in [0.3, 0.4) is 0 Å². The molecule has 0 radical (unpaired) electrons. The molecule has 7 nitrogen and oxygen atoms in total. The van der Waals surface area contributed by atoms with Gasteiger partial charge in [-0.3, -0.25) is 9.79 Å². The quantitative estimate of drug-likeness (QED) is 0.660. The summed E-state index contributed by atoms with van der Waals surface area (Å²) in [6.45, 7) is 7.70. The van der Waals surface area contributed by atoms with E-state index in [1.165, 1.54) is 6.07 Å². The summed E-state index contributed by atoms with van der Waals surface area (Å²) in [6.07, 6.45) is 0.388. The number of halogens is 3. The molecule has 3 aliphatic heterocycles. The number of carbonyl (C=O) groups excluding carboxylic acids is 1. The highest BCUT2D eigenvalue weighted by molar-refractivity contribution is 6.19. The first kappa shape index (κ1) is 24.0. The number of fused-ring (bicyclic) bond motifs is 3. The van der Waals surface area contributed by atoms with Gasteiger partial charge in [0.1, 0.15) is 23.3 Å². The first-order chi connectivity index (χ1) is 17.1. The smallest absolute Gasteiger partial charge is 0.363 e. The van der Waals surface area contributed by atoms with Crippen LogP contribution in [0.1, 0.15) is 48.8 Å². The van der Waals surface area contributed by atoms with Crippen molar-refractivity contribution >= 4 is 29.5 Å². The van der Waals surface area contributed by atoms with E-state index in [1.54, 1.807) is 24.8 Å². The Hall–Kier alpha value is -3.69. The number of nitrogens with zero attached hydrogens (tertiary/aromatic N) is 5. The summed E-state index contributed by atoms with van der Waals surface area (Å²) in [6, 6.07) is 4.91. The SMILES string of the molecule is CC(=O)N1CC=C(C2=Cc3c(N[C@H](C)c4cccc(C(F)(F)F)c4)nc(C)nc3N3CCN=C23)CC1. The number of benzene rings is 1. The van der Waals surface area contributed by atoms with Gasteiger partial charge in [-0.25, -0.2) is 9.97 Å². The molecule has 3 aliphatic rings. The molecule has 0 unspecified atom stereocenters. The zero-order valence-corrected chi connectivity index (χ0v) is 20.4. The molecule has 0 aliphatic carbocycles. The highest BCUT2D eigenvalue weighted by Crippen LogP contribution is 2.39. The molecule has 0 bridgehead atoms. The van der Waals surface area contributed by atoms with Gasteiger partial charge in [0.2, 0.25) is 5.91 Å². The summed E-state index contributed by atoms with van der Waals surface area (Å²) in [5, 5.41) is 3.33. The normalized spacial score (nSPS) is 18.1. The van der Waals surface area contributed by atoms with E-state index in [2.05, 4.69) is 26.3 Å². The zero-order chi connectivity index (χ0) is 25.6. The van der Waals surface area contributed by atoms with Gasteiger partial charge in [-0.1, -0.05) is 18.2 Å². The third-order valence-corrected chi connectivity index (χ3v) is 6.73. The van der Waals surface area contributed by atoms with Crippen molar-refractivity contribution in [2.24, 2.45) is 4.99 Å². The van der Waals surface area contributed by atoms with Crippen LogP contribution in [0.25, 0.3) is 6.08 Å². The van der Waals surface area contributed by atoms with E-state index in [9.17, 15) is 18.0 Å².